The lowest BCUT2D eigenvalue weighted by Gasteiger charge is -2.28. The van der Waals surface area contributed by atoms with Gasteiger partial charge in [-0.05, 0) is 30.2 Å². The molecule has 1 saturated heterocycles. The molecule has 0 saturated carbocycles. The third-order valence-corrected chi connectivity index (χ3v) is 5.39. The van der Waals surface area contributed by atoms with Crippen LogP contribution in [-0.4, -0.2) is 40.7 Å². The lowest BCUT2D eigenvalue weighted by Crippen LogP contribution is -2.45. The zero-order valence-corrected chi connectivity index (χ0v) is 15.7. The van der Waals surface area contributed by atoms with Crippen LogP contribution in [0.4, 0.5) is 10.1 Å². The molecule has 5 nitrogen and oxygen atoms in total. The van der Waals surface area contributed by atoms with E-state index in [4.69, 9.17) is 0 Å². The van der Waals surface area contributed by atoms with Gasteiger partial charge >= 0.3 is 0 Å². The van der Waals surface area contributed by atoms with Crippen LogP contribution in [0.1, 0.15) is 12.0 Å². The summed E-state index contributed by atoms with van der Waals surface area (Å²) in [6, 6.07) is 15.7. The molecule has 140 valence electrons. The number of hydrogen-bond donors (Lipinski definition) is 1. The van der Waals surface area contributed by atoms with Crippen LogP contribution in [0.5, 0.6) is 0 Å². The number of nitrogens with one attached hydrogen (secondary N) is 1. The number of thioether (sulfide) groups is 1. The Morgan fingerprint density at radius 2 is 2.04 bits per heavy atom. The molecule has 27 heavy (non-hydrogen) atoms. The number of halogens is 1. The highest BCUT2D eigenvalue weighted by atomic mass is 32.2. The van der Waals surface area contributed by atoms with E-state index < -0.39 is 11.1 Å². The predicted molar refractivity (Wildman–Crippen MR) is 105 cm³/mol. The number of amidine groups is 1. The molecule has 0 aliphatic carbocycles. The third kappa shape index (κ3) is 5.17. The minimum atomic E-state index is -0.545. The first-order chi connectivity index (χ1) is 13.0. The Labute approximate surface area is 161 Å². The molecule has 0 radical (unpaired) electrons. The normalized spacial score (nSPS) is 18.6. The third-order valence-electron chi connectivity index (χ3n) is 4.15. The van der Waals surface area contributed by atoms with E-state index in [0.717, 1.165) is 12.0 Å². The van der Waals surface area contributed by atoms with Crippen molar-refractivity contribution in [3.63, 3.8) is 0 Å². The fraction of sp³-hybridized carbons (Fsp3) is 0.250. The Hall–Kier alpha value is -2.67. The molecule has 0 bridgehead atoms. The second kappa shape index (κ2) is 8.81. The van der Waals surface area contributed by atoms with Crippen LogP contribution in [0.2, 0.25) is 0 Å². The minimum Gasteiger partial charge on any atom is -0.355 e. The first-order valence-electron chi connectivity index (χ1n) is 8.62. The molecule has 2 aromatic carbocycles. The van der Waals surface area contributed by atoms with Crippen molar-refractivity contribution in [2.75, 3.05) is 13.6 Å². The van der Waals surface area contributed by atoms with Gasteiger partial charge in [0.15, 0.2) is 5.17 Å². The molecular formula is C20H20FN3O2S. The van der Waals surface area contributed by atoms with Gasteiger partial charge in [0.25, 0.3) is 0 Å². The average molecular weight is 385 g/mol. The van der Waals surface area contributed by atoms with Gasteiger partial charge in [-0.25, -0.2) is 9.38 Å². The SMILES string of the molecule is CN1C(=O)CC(C(=O)NCCc2ccccc2)SC1=Nc1cccc(F)c1. The monoisotopic (exact) mass is 385 g/mol. The lowest BCUT2D eigenvalue weighted by molar-refractivity contribution is -0.129. The van der Waals surface area contributed by atoms with Crippen LogP contribution >= 0.6 is 11.8 Å². The Morgan fingerprint density at radius 1 is 1.26 bits per heavy atom. The number of nitrogens with zero attached hydrogens (tertiary/aromatic N) is 2. The van der Waals surface area contributed by atoms with Gasteiger partial charge in [0.1, 0.15) is 5.82 Å². The van der Waals surface area contributed by atoms with Crippen molar-refractivity contribution in [3.8, 4) is 0 Å². The van der Waals surface area contributed by atoms with Gasteiger partial charge in [0, 0.05) is 20.0 Å². The summed E-state index contributed by atoms with van der Waals surface area (Å²) in [5.74, 6) is -0.779. The van der Waals surface area contributed by atoms with Crippen molar-refractivity contribution in [3.05, 3.63) is 66.0 Å². The van der Waals surface area contributed by atoms with Gasteiger partial charge in [-0.3, -0.25) is 14.5 Å². The summed E-state index contributed by atoms with van der Waals surface area (Å²) in [7, 11) is 1.61. The van der Waals surface area contributed by atoms with E-state index in [-0.39, 0.29) is 18.2 Å². The topological polar surface area (TPSA) is 61.8 Å². The van der Waals surface area contributed by atoms with E-state index in [1.165, 1.54) is 28.8 Å². The van der Waals surface area contributed by atoms with Gasteiger partial charge in [-0.15, -0.1) is 0 Å². The Bertz CT molecular complexity index is 857. The quantitative estimate of drug-likeness (QED) is 0.860. The van der Waals surface area contributed by atoms with Crippen molar-refractivity contribution in [2.45, 2.75) is 18.1 Å². The van der Waals surface area contributed by atoms with Crippen LogP contribution in [0.3, 0.4) is 0 Å². The van der Waals surface area contributed by atoms with Crippen LogP contribution < -0.4 is 5.32 Å². The highest BCUT2D eigenvalue weighted by Crippen LogP contribution is 2.28. The maximum Gasteiger partial charge on any atom is 0.234 e. The van der Waals surface area contributed by atoms with Crippen LogP contribution in [0, 0.1) is 5.82 Å². The molecule has 0 spiro atoms. The van der Waals surface area contributed by atoms with E-state index in [1.54, 1.807) is 19.2 Å². The number of carbonyl (C=O) groups excluding carboxylic acids is 2. The summed E-state index contributed by atoms with van der Waals surface area (Å²) in [4.78, 5) is 30.5. The molecule has 1 aliphatic heterocycles. The van der Waals surface area contributed by atoms with Crippen molar-refractivity contribution in [1.29, 1.82) is 0 Å². The molecule has 1 unspecified atom stereocenters. The van der Waals surface area contributed by atoms with Crippen LogP contribution in [0.25, 0.3) is 0 Å². The van der Waals surface area contributed by atoms with Crippen molar-refractivity contribution in [2.24, 2.45) is 4.99 Å². The smallest absolute Gasteiger partial charge is 0.234 e. The number of rotatable bonds is 5. The zero-order chi connectivity index (χ0) is 19.2. The summed E-state index contributed by atoms with van der Waals surface area (Å²) in [6.07, 6.45) is 0.836. The highest BCUT2D eigenvalue weighted by molar-refractivity contribution is 8.15. The molecule has 2 aromatic rings. The minimum absolute atomic E-state index is 0.112. The van der Waals surface area contributed by atoms with Crippen LogP contribution in [0.15, 0.2) is 59.6 Å². The molecule has 0 aromatic heterocycles. The summed E-state index contributed by atoms with van der Waals surface area (Å²) >= 11 is 1.22. The van der Waals surface area contributed by atoms with Crippen LogP contribution in [-0.2, 0) is 16.0 Å². The summed E-state index contributed by atoms with van der Waals surface area (Å²) in [6.45, 7) is 0.500. The second-order valence-corrected chi connectivity index (χ2v) is 7.33. The first-order valence-corrected chi connectivity index (χ1v) is 9.50. The average Bonchev–Trinajstić information content (AvgIpc) is 2.66. The van der Waals surface area contributed by atoms with Gasteiger partial charge in [-0.2, -0.15) is 0 Å². The van der Waals surface area contributed by atoms with E-state index in [0.29, 0.717) is 17.4 Å². The fourth-order valence-electron chi connectivity index (χ4n) is 2.64. The van der Waals surface area contributed by atoms with E-state index in [9.17, 15) is 14.0 Å². The Morgan fingerprint density at radius 3 is 2.78 bits per heavy atom. The molecule has 1 N–H and O–H groups in total. The van der Waals surface area contributed by atoms with Gasteiger partial charge in [0.05, 0.1) is 10.9 Å². The standard InChI is InChI=1S/C20H20FN3O2S/c1-24-18(25)13-17(19(26)22-11-10-14-6-3-2-4-7-14)27-20(24)23-16-9-5-8-15(21)12-16/h2-9,12,17H,10-11,13H2,1H3,(H,22,26). The van der Waals surface area contributed by atoms with Gasteiger partial charge < -0.3 is 5.32 Å². The summed E-state index contributed by atoms with van der Waals surface area (Å²) in [5.41, 5.74) is 1.54. The molecule has 1 heterocycles. The highest BCUT2D eigenvalue weighted by Gasteiger charge is 2.33. The molecule has 3 rings (SSSR count). The number of carbonyl (C=O) groups is 2. The first kappa shape index (κ1) is 19.1. The summed E-state index contributed by atoms with van der Waals surface area (Å²) < 4.78 is 13.4. The van der Waals surface area contributed by atoms with Gasteiger partial charge in [0.2, 0.25) is 11.8 Å². The lowest BCUT2D eigenvalue weighted by atomic mass is 10.1. The number of benzene rings is 2. The van der Waals surface area contributed by atoms with Crippen molar-refractivity contribution >= 4 is 34.4 Å². The fourth-order valence-corrected chi connectivity index (χ4v) is 3.73. The van der Waals surface area contributed by atoms with Gasteiger partial charge in [-0.1, -0.05) is 48.2 Å². The Balaban J connectivity index is 1.63. The largest absolute Gasteiger partial charge is 0.355 e. The summed E-state index contributed by atoms with van der Waals surface area (Å²) in [5, 5.41) is 2.73. The number of hydrogen-bond acceptors (Lipinski definition) is 4. The number of amides is 2. The second-order valence-electron chi connectivity index (χ2n) is 6.16. The molecule has 1 atom stereocenters. The molecule has 2 amide bonds. The van der Waals surface area contributed by atoms with E-state index >= 15 is 0 Å². The van der Waals surface area contributed by atoms with E-state index in [1.807, 2.05) is 30.3 Å². The maximum atomic E-state index is 13.4. The molecule has 7 heteroatoms. The van der Waals surface area contributed by atoms with Crippen molar-refractivity contribution < 1.29 is 14.0 Å². The predicted octanol–water partition coefficient (Wildman–Crippen LogP) is 3.14. The van der Waals surface area contributed by atoms with Crippen molar-refractivity contribution in [1.82, 2.24) is 10.2 Å². The Kier molecular flexibility index (Phi) is 6.24. The maximum absolute atomic E-state index is 13.4. The van der Waals surface area contributed by atoms with E-state index in [2.05, 4.69) is 10.3 Å². The molecular weight excluding hydrogens is 365 g/mol. The zero-order valence-electron chi connectivity index (χ0n) is 14.9. The molecule has 1 aliphatic rings. The number of aliphatic imine (C=N–C) groups is 1. The molecule has 1 fully saturated rings.